The lowest BCUT2D eigenvalue weighted by atomic mass is 10.1. The largest absolute Gasteiger partial charge is 0.442 e. The van der Waals surface area contributed by atoms with Gasteiger partial charge in [-0.1, -0.05) is 29.8 Å². The van der Waals surface area contributed by atoms with Crippen LogP contribution in [0.3, 0.4) is 0 Å². The molecule has 1 N–H and O–H groups in total. The van der Waals surface area contributed by atoms with Crippen LogP contribution in [0.4, 0.5) is 0 Å². The zero-order valence-corrected chi connectivity index (χ0v) is 13.2. The molecule has 0 saturated carbocycles. The third-order valence-electron chi connectivity index (χ3n) is 3.28. The number of benzene rings is 1. The molecule has 0 saturated heterocycles. The molecule has 0 unspecified atom stereocenters. The third kappa shape index (κ3) is 3.09. The van der Waals surface area contributed by atoms with Crippen LogP contribution in [0.2, 0.25) is 0 Å². The smallest absolute Gasteiger partial charge is 0.274 e. The van der Waals surface area contributed by atoms with E-state index < -0.39 is 0 Å². The Morgan fingerprint density at radius 3 is 2.86 bits per heavy atom. The molecular formula is C17H16N2O2S. The number of aryl methyl sites for hydroxylation is 2. The number of rotatable bonds is 4. The van der Waals surface area contributed by atoms with E-state index in [1.807, 2.05) is 50.2 Å². The van der Waals surface area contributed by atoms with Gasteiger partial charge in [0.25, 0.3) is 5.91 Å². The maximum Gasteiger partial charge on any atom is 0.274 e. The standard InChI is InChI=1S/C17H16N2O2S/c1-11-4-3-5-13(8-11)9-18-17(20)15-16(21-10-19-15)14-7-6-12(2)22-14/h3-8,10H,9H2,1-2H3,(H,18,20). The molecule has 1 amide bonds. The summed E-state index contributed by atoms with van der Waals surface area (Å²) in [6, 6.07) is 12.0. The van der Waals surface area contributed by atoms with Crippen LogP contribution in [-0.4, -0.2) is 10.9 Å². The lowest BCUT2D eigenvalue weighted by molar-refractivity contribution is 0.0947. The summed E-state index contributed by atoms with van der Waals surface area (Å²) in [6.07, 6.45) is 1.31. The van der Waals surface area contributed by atoms with Crippen LogP contribution < -0.4 is 5.32 Å². The topological polar surface area (TPSA) is 55.1 Å². The zero-order chi connectivity index (χ0) is 15.5. The van der Waals surface area contributed by atoms with Gasteiger partial charge >= 0.3 is 0 Å². The number of aromatic nitrogens is 1. The van der Waals surface area contributed by atoms with Crippen molar-refractivity contribution >= 4 is 17.2 Å². The predicted molar refractivity (Wildman–Crippen MR) is 86.9 cm³/mol. The number of oxazole rings is 1. The maximum absolute atomic E-state index is 12.3. The van der Waals surface area contributed by atoms with Gasteiger partial charge in [0, 0.05) is 11.4 Å². The number of thiophene rings is 1. The fourth-order valence-electron chi connectivity index (χ4n) is 2.23. The monoisotopic (exact) mass is 312 g/mol. The zero-order valence-electron chi connectivity index (χ0n) is 12.4. The van der Waals surface area contributed by atoms with E-state index in [1.165, 1.54) is 12.0 Å². The second kappa shape index (κ2) is 6.15. The normalized spacial score (nSPS) is 10.6. The minimum Gasteiger partial charge on any atom is -0.442 e. The van der Waals surface area contributed by atoms with E-state index in [0.717, 1.165) is 15.3 Å². The fourth-order valence-corrected chi connectivity index (χ4v) is 3.08. The molecule has 3 aromatic rings. The Labute approximate surface area is 132 Å². The van der Waals surface area contributed by atoms with Gasteiger partial charge in [0.2, 0.25) is 0 Å². The van der Waals surface area contributed by atoms with Gasteiger partial charge in [-0.3, -0.25) is 4.79 Å². The van der Waals surface area contributed by atoms with Crippen molar-refractivity contribution in [2.45, 2.75) is 20.4 Å². The molecule has 2 aromatic heterocycles. The van der Waals surface area contributed by atoms with Crippen LogP contribution in [0.5, 0.6) is 0 Å². The molecule has 1 aromatic carbocycles. The number of carbonyl (C=O) groups excluding carboxylic acids is 1. The third-order valence-corrected chi connectivity index (χ3v) is 4.28. The molecule has 0 aliphatic rings. The Hall–Kier alpha value is -2.40. The van der Waals surface area contributed by atoms with Gasteiger partial charge in [0.05, 0.1) is 4.88 Å². The SMILES string of the molecule is Cc1cccc(CNC(=O)c2ncoc2-c2ccc(C)s2)c1. The Morgan fingerprint density at radius 1 is 1.27 bits per heavy atom. The van der Waals surface area contributed by atoms with Gasteiger partial charge in [0.15, 0.2) is 17.8 Å². The molecule has 3 rings (SSSR count). The first-order valence-corrected chi connectivity index (χ1v) is 7.79. The molecule has 22 heavy (non-hydrogen) atoms. The molecule has 0 radical (unpaired) electrons. The highest BCUT2D eigenvalue weighted by Crippen LogP contribution is 2.30. The molecule has 0 aliphatic heterocycles. The first-order chi connectivity index (χ1) is 10.6. The van der Waals surface area contributed by atoms with Crippen molar-refractivity contribution in [1.82, 2.24) is 10.3 Å². The second-order valence-electron chi connectivity index (χ2n) is 5.11. The van der Waals surface area contributed by atoms with Crippen LogP contribution in [0, 0.1) is 13.8 Å². The first-order valence-electron chi connectivity index (χ1n) is 6.97. The fraction of sp³-hybridized carbons (Fsp3) is 0.176. The van der Waals surface area contributed by atoms with Crippen molar-refractivity contribution in [3.8, 4) is 10.6 Å². The van der Waals surface area contributed by atoms with Gasteiger partial charge < -0.3 is 9.73 Å². The molecule has 0 atom stereocenters. The number of nitrogens with one attached hydrogen (secondary N) is 1. The van der Waals surface area contributed by atoms with E-state index in [2.05, 4.69) is 10.3 Å². The van der Waals surface area contributed by atoms with E-state index in [4.69, 9.17) is 4.42 Å². The van der Waals surface area contributed by atoms with Crippen LogP contribution in [0.15, 0.2) is 47.2 Å². The Morgan fingerprint density at radius 2 is 2.14 bits per heavy atom. The molecule has 0 aliphatic carbocycles. The van der Waals surface area contributed by atoms with Gasteiger partial charge in [-0.2, -0.15) is 0 Å². The predicted octanol–water partition coefficient (Wildman–Crippen LogP) is 3.95. The van der Waals surface area contributed by atoms with Gasteiger partial charge in [-0.25, -0.2) is 4.98 Å². The molecule has 2 heterocycles. The molecule has 4 nitrogen and oxygen atoms in total. The van der Waals surface area contributed by atoms with Gasteiger partial charge in [-0.05, 0) is 31.5 Å². The second-order valence-corrected chi connectivity index (χ2v) is 6.40. The van der Waals surface area contributed by atoms with Crippen LogP contribution in [0.1, 0.15) is 26.5 Å². The van der Waals surface area contributed by atoms with Crippen molar-refractivity contribution in [2.24, 2.45) is 0 Å². The average Bonchev–Trinajstić information content (AvgIpc) is 3.13. The van der Waals surface area contributed by atoms with Crippen molar-refractivity contribution in [3.05, 3.63) is 64.5 Å². The highest BCUT2D eigenvalue weighted by atomic mass is 32.1. The van der Waals surface area contributed by atoms with E-state index >= 15 is 0 Å². The van der Waals surface area contributed by atoms with Crippen molar-refractivity contribution < 1.29 is 9.21 Å². The van der Waals surface area contributed by atoms with E-state index in [-0.39, 0.29) is 5.91 Å². The van der Waals surface area contributed by atoms with E-state index in [0.29, 0.717) is 18.0 Å². The highest BCUT2D eigenvalue weighted by molar-refractivity contribution is 7.15. The summed E-state index contributed by atoms with van der Waals surface area (Å²) in [7, 11) is 0. The molecule has 0 spiro atoms. The lowest BCUT2D eigenvalue weighted by Crippen LogP contribution is -2.23. The van der Waals surface area contributed by atoms with Crippen LogP contribution in [-0.2, 0) is 6.54 Å². The number of hydrogen-bond donors (Lipinski definition) is 1. The minimum atomic E-state index is -0.226. The van der Waals surface area contributed by atoms with Crippen LogP contribution >= 0.6 is 11.3 Å². The van der Waals surface area contributed by atoms with Crippen molar-refractivity contribution in [1.29, 1.82) is 0 Å². The molecule has 0 fully saturated rings. The van der Waals surface area contributed by atoms with E-state index in [9.17, 15) is 4.79 Å². The lowest BCUT2D eigenvalue weighted by Gasteiger charge is -2.05. The number of amides is 1. The van der Waals surface area contributed by atoms with Crippen molar-refractivity contribution in [3.63, 3.8) is 0 Å². The number of nitrogens with zero attached hydrogens (tertiary/aromatic N) is 1. The summed E-state index contributed by atoms with van der Waals surface area (Å²) in [5, 5.41) is 2.89. The summed E-state index contributed by atoms with van der Waals surface area (Å²) in [6.45, 7) is 4.51. The minimum absolute atomic E-state index is 0.226. The summed E-state index contributed by atoms with van der Waals surface area (Å²) in [5.74, 6) is 0.302. The molecule has 5 heteroatoms. The van der Waals surface area contributed by atoms with E-state index in [1.54, 1.807) is 11.3 Å². The Bertz CT molecular complexity index is 804. The molecule has 0 bridgehead atoms. The summed E-state index contributed by atoms with van der Waals surface area (Å²) in [4.78, 5) is 18.5. The quantitative estimate of drug-likeness (QED) is 0.793. The van der Waals surface area contributed by atoms with Gasteiger partial charge in [-0.15, -0.1) is 11.3 Å². The average molecular weight is 312 g/mol. The maximum atomic E-state index is 12.3. The Kier molecular flexibility index (Phi) is 4.06. The number of carbonyl (C=O) groups is 1. The summed E-state index contributed by atoms with van der Waals surface area (Å²) < 4.78 is 5.39. The molecular weight excluding hydrogens is 296 g/mol. The van der Waals surface area contributed by atoms with Crippen molar-refractivity contribution in [2.75, 3.05) is 0 Å². The Balaban J connectivity index is 1.75. The van der Waals surface area contributed by atoms with Crippen LogP contribution in [0.25, 0.3) is 10.6 Å². The summed E-state index contributed by atoms with van der Waals surface area (Å²) in [5.41, 5.74) is 2.56. The highest BCUT2D eigenvalue weighted by Gasteiger charge is 2.19. The number of hydrogen-bond acceptors (Lipinski definition) is 4. The molecule has 112 valence electrons. The van der Waals surface area contributed by atoms with Gasteiger partial charge in [0.1, 0.15) is 0 Å². The summed E-state index contributed by atoms with van der Waals surface area (Å²) >= 11 is 1.58. The first kappa shape index (κ1) is 14.5.